The lowest BCUT2D eigenvalue weighted by molar-refractivity contribution is -0.705. The zero-order valence-corrected chi connectivity index (χ0v) is 10.4. The van der Waals surface area contributed by atoms with E-state index in [2.05, 4.69) is 27.7 Å². The number of imidazole rings is 1. The van der Waals surface area contributed by atoms with Crippen LogP contribution in [0.2, 0.25) is 0 Å². The van der Waals surface area contributed by atoms with E-state index in [4.69, 9.17) is 0 Å². The molecule has 4 nitrogen and oxygen atoms in total. The van der Waals surface area contributed by atoms with E-state index in [-0.39, 0.29) is 5.82 Å². The van der Waals surface area contributed by atoms with E-state index in [1.807, 2.05) is 12.4 Å². The number of carboxylic acids is 1. The van der Waals surface area contributed by atoms with E-state index in [0.29, 0.717) is 24.9 Å². The molecule has 0 aliphatic rings. The van der Waals surface area contributed by atoms with Gasteiger partial charge in [-0.15, -0.1) is 0 Å². The first-order chi connectivity index (χ1) is 7.41. The molecule has 4 heteroatoms. The Morgan fingerprint density at radius 1 is 1.38 bits per heavy atom. The van der Waals surface area contributed by atoms with Gasteiger partial charge in [0.25, 0.3) is 0 Å². The van der Waals surface area contributed by atoms with Gasteiger partial charge in [0.15, 0.2) is 5.97 Å². The Hall–Kier alpha value is -1.32. The Balaban J connectivity index is 3.02. The molecule has 0 atom stereocenters. The summed E-state index contributed by atoms with van der Waals surface area (Å²) in [6, 6.07) is 0. The van der Waals surface area contributed by atoms with Gasteiger partial charge in [-0.05, 0) is 11.8 Å². The molecular formula is C12H20N2O2. The first-order valence-electron chi connectivity index (χ1n) is 5.71. The molecule has 0 radical (unpaired) electrons. The predicted octanol–water partition coefficient (Wildman–Crippen LogP) is 0.451. The molecular weight excluding hydrogens is 204 g/mol. The van der Waals surface area contributed by atoms with Crippen molar-refractivity contribution in [1.29, 1.82) is 0 Å². The lowest BCUT2D eigenvalue weighted by atomic mass is 10.2. The SMILES string of the molecule is CC(C)Cn1cc[n+](CC(C)C)c1C(=O)[O-]. The monoisotopic (exact) mass is 224 g/mol. The summed E-state index contributed by atoms with van der Waals surface area (Å²) < 4.78 is 3.50. The van der Waals surface area contributed by atoms with Crippen LogP contribution >= 0.6 is 0 Å². The minimum absolute atomic E-state index is 0.266. The summed E-state index contributed by atoms with van der Waals surface area (Å²) in [4.78, 5) is 11.1. The average molecular weight is 224 g/mol. The molecule has 0 bridgehead atoms. The number of nitrogens with zero attached hydrogens (tertiary/aromatic N) is 2. The van der Waals surface area contributed by atoms with Crippen molar-refractivity contribution >= 4 is 5.97 Å². The van der Waals surface area contributed by atoms with Crippen LogP contribution in [0, 0.1) is 11.8 Å². The molecule has 0 saturated heterocycles. The molecule has 1 aromatic heterocycles. The van der Waals surface area contributed by atoms with Gasteiger partial charge in [-0.2, -0.15) is 0 Å². The number of aromatic carboxylic acids is 1. The normalized spacial score (nSPS) is 11.4. The van der Waals surface area contributed by atoms with Crippen LogP contribution in [0.15, 0.2) is 12.4 Å². The maximum Gasteiger partial charge on any atom is 0.304 e. The van der Waals surface area contributed by atoms with Gasteiger partial charge in [-0.3, -0.25) is 0 Å². The topological polar surface area (TPSA) is 48.9 Å². The standard InChI is InChI=1S/C12H20N2O2/c1-9(2)7-13-5-6-14(8-10(3)4)11(13)12(15)16/h5-6,9-10H,7-8H2,1-4H3. The van der Waals surface area contributed by atoms with Crippen LogP contribution in [0.5, 0.6) is 0 Å². The summed E-state index contributed by atoms with van der Waals surface area (Å²) in [5, 5.41) is 11.1. The Morgan fingerprint density at radius 2 is 2.00 bits per heavy atom. The van der Waals surface area contributed by atoms with Crippen LogP contribution in [0.4, 0.5) is 0 Å². The highest BCUT2D eigenvalue weighted by molar-refractivity contribution is 5.79. The molecule has 90 valence electrons. The first-order valence-corrected chi connectivity index (χ1v) is 5.71. The van der Waals surface area contributed by atoms with Gasteiger partial charge in [-0.1, -0.05) is 27.7 Å². The van der Waals surface area contributed by atoms with Gasteiger partial charge in [-0.25, -0.2) is 9.13 Å². The fourth-order valence-electron chi connectivity index (χ4n) is 1.78. The van der Waals surface area contributed by atoms with Gasteiger partial charge < -0.3 is 9.90 Å². The molecule has 1 aromatic rings. The van der Waals surface area contributed by atoms with E-state index < -0.39 is 5.97 Å². The van der Waals surface area contributed by atoms with Gasteiger partial charge >= 0.3 is 5.82 Å². The largest absolute Gasteiger partial charge is 0.538 e. The van der Waals surface area contributed by atoms with Crippen molar-refractivity contribution in [3.05, 3.63) is 18.2 Å². The predicted molar refractivity (Wildman–Crippen MR) is 58.6 cm³/mol. The highest BCUT2D eigenvalue weighted by atomic mass is 16.4. The molecule has 1 heterocycles. The molecule has 0 aliphatic carbocycles. The van der Waals surface area contributed by atoms with Crippen molar-refractivity contribution in [2.75, 3.05) is 0 Å². The number of carbonyl (C=O) groups excluding carboxylic acids is 1. The fraction of sp³-hybridized carbons (Fsp3) is 0.667. The quantitative estimate of drug-likeness (QED) is 0.682. The third-order valence-electron chi connectivity index (χ3n) is 2.28. The van der Waals surface area contributed by atoms with E-state index in [9.17, 15) is 9.90 Å². The van der Waals surface area contributed by atoms with Crippen LogP contribution < -0.4 is 9.67 Å². The molecule has 0 fully saturated rings. The zero-order chi connectivity index (χ0) is 12.3. The minimum Gasteiger partial charge on any atom is -0.538 e. The number of hydrogen-bond acceptors (Lipinski definition) is 2. The minimum atomic E-state index is -1.11. The highest BCUT2D eigenvalue weighted by Crippen LogP contribution is 2.03. The van der Waals surface area contributed by atoms with Crippen LogP contribution in [0.25, 0.3) is 0 Å². The molecule has 0 aromatic carbocycles. The maximum atomic E-state index is 11.1. The van der Waals surface area contributed by atoms with E-state index in [1.54, 1.807) is 9.13 Å². The number of hydrogen-bond donors (Lipinski definition) is 0. The number of rotatable bonds is 5. The lowest BCUT2D eigenvalue weighted by Crippen LogP contribution is -2.45. The zero-order valence-electron chi connectivity index (χ0n) is 10.4. The Morgan fingerprint density at radius 3 is 2.44 bits per heavy atom. The lowest BCUT2D eigenvalue weighted by Gasteiger charge is -2.08. The smallest absolute Gasteiger partial charge is 0.304 e. The van der Waals surface area contributed by atoms with Gasteiger partial charge in [0.1, 0.15) is 12.4 Å². The summed E-state index contributed by atoms with van der Waals surface area (Å²) in [6.45, 7) is 9.65. The summed E-state index contributed by atoms with van der Waals surface area (Å²) in [6.07, 6.45) is 3.63. The number of carboxylic acid groups (broad SMARTS) is 1. The molecule has 0 unspecified atom stereocenters. The Bertz CT molecular complexity index is 340. The van der Waals surface area contributed by atoms with Crippen molar-refractivity contribution in [2.24, 2.45) is 11.8 Å². The van der Waals surface area contributed by atoms with Gasteiger partial charge in [0.05, 0.1) is 13.1 Å². The van der Waals surface area contributed by atoms with Crippen LogP contribution in [-0.2, 0) is 13.1 Å². The third-order valence-corrected chi connectivity index (χ3v) is 2.28. The second kappa shape index (κ2) is 5.14. The summed E-state index contributed by atoms with van der Waals surface area (Å²) in [7, 11) is 0. The van der Waals surface area contributed by atoms with Crippen LogP contribution in [0.3, 0.4) is 0 Å². The second-order valence-electron chi connectivity index (χ2n) is 5.00. The van der Waals surface area contributed by atoms with Crippen molar-refractivity contribution in [1.82, 2.24) is 4.57 Å². The van der Waals surface area contributed by atoms with Crippen molar-refractivity contribution < 1.29 is 14.5 Å². The summed E-state index contributed by atoms with van der Waals surface area (Å²) >= 11 is 0. The molecule has 0 N–H and O–H groups in total. The Labute approximate surface area is 96.5 Å². The van der Waals surface area contributed by atoms with Crippen LogP contribution in [-0.4, -0.2) is 10.5 Å². The third kappa shape index (κ3) is 3.08. The van der Waals surface area contributed by atoms with Crippen molar-refractivity contribution in [3.63, 3.8) is 0 Å². The molecule has 0 saturated carbocycles. The van der Waals surface area contributed by atoms with Crippen LogP contribution in [0.1, 0.15) is 38.3 Å². The molecule has 0 amide bonds. The number of aromatic nitrogens is 2. The molecule has 0 spiro atoms. The summed E-state index contributed by atoms with van der Waals surface area (Å²) in [5.41, 5.74) is 0. The average Bonchev–Trinajstić information content (AvgIpc) is 2.45. The summed E-state index contributed by atoms with van der Waals surface area (Å²) in [5.74, 6) is -0.00954. The molecule has 0 aliphatic heterocycles. The molecule has 16 heavy (non-hydrogen) atoms. The maximum absolute atomic E-state index is 11.1. The highest BCUT2D eigenvalue weighted by Gasteiger charge is 2.19. The number of carbonyl (C=O) groups is 1. The van der Waals surface area contributed by atoms with Gasteiger partial charge in [0.2, 0.25) is 0 Å². The van der Waals surface area contributed by atoms with Gasteiger partial charge in [0, 0.05) is 0 Å². The van der Waals surface area contributed by atoms with E-state index in [0.717, 1.165) is 0 Å². The van der Waals surface area contributed by atoms with Crippen molar-refractivity contribution in [3.8, 4) is 0 Å². The fourth-order valence-corrected chi connectivity index (χ4v) is 1.78. The van der Waals surface area contributed by atoms with E-state index in [1.165, 1.54) is 0 Å². The second-order valence-corrected chi connectivity index (χ2v) is 5.00. The Kier molecular flexibility index (Phi) is 4.10. The van der Waals surface area contributed by atoms with E-state index >= 15 is 0 Å². The molecule has 1 rings (SSSR count). The van der Waals surface area contributed by atoms with Crippen molar-refractivity contribution in [2.45, 2.75) is 40.8 Å². The first kappa shape index (κ1) is 12.7.